The first-order chi connectivity index (χ1) is 6.97. The van der Waals surface area contributed by atoms with Crippen molar-refractivity contribution in [3.05, 3.63) is 29.8 Å². The van der Waals surface area contributed by atoms with E-state index in [0.717, 1.165) is 6.92 Å². The smallest absolute Gasteiger partial charge is 0.337 e. The first-order valence-corrected chi connectivity index (χ1v) is 4.04. The molecule has 0 heterocycles. The van der Waals surface area contributed by atoms with Crippen molar-refractivity contribution < 1.29 is 24.5 Å². The predicted octanol–water partition coefficient (Wildman–Crippen LogP) is 1.27. The van der Waals surface area contributed by atoms with Crippen LogP contribution in [0.5, 0.6) is 5.75 Å². The molecule has 1 aromatic carbocycles. The number of hydrogen-bond acceptors (Lipinski definition) is 4. The van der Waals surface area contributed by atoms with Crippen molar-refractivity contribution in [2.45, 2.75) is 6.92 Å². The maximum Gasteiger partial charge on any atom is 0.337 e. The number of carbonyl (C=O) groups excluding carboxylic acids is 1. The highest BCUT2D eigenvalue weighted by Gasteiger charge is 2.02. The molecule has 0 aliphatic carbocycles. The number of benzene rings is 1. The third-order valence-corrected chi connectivity index (χ3v) is 1.29. The van der Waals surface area contributed by atoms with Crippen LogP contribution in [0.3, 0.4) is 0 Å². The first kappa shape index (κ1) is 13.0. The van der Waals surface area contributed by atoms with Gasteiger partial charge in [0.15, 0.2) is 0 Å². The molecule has 0 saturated heterocycles. The van der Waals surface area contributed by atoms with Crippen LogP contribution in [-0.2, 0) is 9.53 Å². The molecule has 0 aliphatic rings. The molecule has 0 radical (unpaired) electrons. The number of carboxylic acids is 1. The Bertz CT molecular complexity index is 324. The van der Waals surface area contributed by atoms with Crippen LogP contribution in [0.15, 0.2) is 24.3 Å². The molecule has 0 fully saturated rings. The zero-order valence-corrected chi connectivity index (χ0v) is 8.43. The van der Waals surface area contributed by atoms with Gasteiger partial charge >= 0.3 is 5.97 Å². The van der Waals surface area contributed by atoms with Gasteiger partial charge in [0.2, 0.25) is 0 Å². The molecule has 0 aromatic heterocycles. The number of carboxylic acid groups (broad SMARTS) is 1. The van der Waals surface area contributed by atoms with Crippen LogP contribution in [0.1, 0.15) is 17.3 Å². The van der Waals surface area contributed by atoms with Crippen LogP contribution < -0.4 is 0 Å². The fourth-order valence-electron chi connectivity index (χ4n) is 0.715. The first-order valence-electron chi connectivity index (χ1n) is 4.04. The molecule has 0 aliphatic heterocycles. The zero-order chi connectivity index (χ0) is 11.8. The average molecular weight is 212 g/mol. The molecule has 0 amide bonds. The lowest BCUT2D eigenvalue weighted by molar-refractivity contribution is -0.134. The maximum absolute atomic E-state index is 10.8. The molecule has 0 spiro atoms. The minimum absolute atomic E-state index is 0.137. The predicted molar refractivity (Wildman–Crippen MR) is 52.8 cm³/mol. The fourth-order valence-corrected chi connectivity index (χ4v) is 0.715. The lowest BCUT2D eigenvalue weighted by Gasteiger charge is -1.97. The molecular weight excluding hydrogens is 200 g/mol. The van der Waals surface area contributed by atoms with Gasteiger partial charge in [0.1, 0.15) is 5.75 Å². The number of phenolic OH excluding ortho intramolecular Hbond substituents is 1. The molecule has 0 bridgehead atoms. The Morgan fingerprint density at radius 3 is 1.93 bits per heavy atom. The molecular formula is C10H12O5. The lowest BCUT2D eigenvalue weighted by Crippen LogP contribution is -1.99. The van der Waals surface area contributed by atoms with Gasteiger partial charge in [-0.15, -0.1) is 0 Å². The van der Waals surface area contributed by atoms with E-state index < -0.39 is 11.9 Å². The van der Waals surface area contributed by atoms with E-state index in [1.165, 1.54) is 31.4 Å². The maximum atomic E-state index is 10.8. The SMILES string of the molecule is CC(=O)O.COC(=O)c1ccc(O)cc1. The summed E-state index contributed by atoms with van der Waals surface area (Å²) in [5, 5.41) is 16.3. The minimum Gasteiger partial charge on any atom is -0.508 e. The van der Waals surface area contributed by atoms with Gasteiger partial charge in [-0.05, 0) is 24.3 Å². The summed E-state index contributed by atoms with van der Waals surface area (Å²) in [6, 6.07) is 5.88. The topological polar surface area (TPSA) is 83.8 Å². The van der Waals surface area contributed by atoms with E-state index in [4.69, 9.17) is 15.0 Å². The van der Waals surface area contributed by atoms with Crippen molar-refractivity contribution in [1.82, 2.24) is 0 Å². The van der Waals surface area contributed by atoms with Crippen molar-refractivity contribution in [3.8, 4) is 5.75 Å². The molecule has 2 N–H and O–H groups in total. The molecule has 0 unspecified atom stereocenters. The summed E-state index contributed by atoms with van der Waals surface area (Å²) in [4.78, 5) is 19.8. The van der Waals surface area contributed by atoms with Gasteiger partial charge in [0, 0.05) is 6.92 Å². The van der Waals surface area contributed by atoms with Crippen LogP contribution in [0, 0.1) is 0 Å². The Morgan fingerprint density at radius 1 is 1.20 bits per heavy atom. The Kier molecular flexibility index (Phi) is 5.55. The van der Waals surface area contributed by atoms with E-state index >= 15 is 0 Å². The standard InChI is InChI=1S/C8H8O3.C2H4O2/c1-11-8(10)6-2-4-7(9)5-3-6;1-2(3)4/h2-5,9H,1H3;1H3,(H,3,4). The van der Waals surface area contributed by atoms with E-state index in [9.17, 15) is 4.79 Å². The van der Waals surface area contributed by atoms with Crippen molar-refractivity contribution in [3.63, 3.8) is 0 Å². The number of methoxy groups -OCH3 is 1. The lowest BCUT2D eigenvalue weighted by atomic mass is 10.2. The summed E-state index contributed by atoms with van der Waals surface area (Å²) in [5.74, 6) is -1.09. The Balaban J connectivity index is 0.000000423. The largest absolute Gasteiger partial charge is 0.508 e. The molecule has 0 saturated carbocycles. The van der Waals surface area contributed by atoms with Crippen LogP contribution >= 0.6 is 0 Å². The number of carbonyl (C=O) groups is 2. The summed E-state index contributed by atoms with van der Waals surface area (Å²) in [5.41, 5.74) is 0.435. The van der Waals surface area contributed by atoms with Gasteiger partial charge in [-0.25, -0.2) is 4.79 Å². The van der Waals surface area contributed by atoms with Gasteiger partial charge in [0.05, 0.1) is 12.7 Å². The van der Waals surface area contributed by atoms with Crippen molar-refractivity contribution in [2.75, 3.05) is 7.11 Å². The highest BCUT2D eigenvalue weighted by molar-refractivity contribution is 5.89. The summed E-state index contributed by atoms with van der Waals surface area (Å²) in [6.45, 7) is 1.08. The van der Waals surface area contributed by atoms with Crippen molar-refractivity contribution >= 4 is 11.9 Å². The van der Waals surface area contributed by atoms with Gasteiger partial charge in [-0.2, -0.15) is 0 Å². The number of rotatable bonds is 1. The van der Waals surface area contributed by atoms with Gasteiger partial charge < -0.3 is 14.9 Å². The highest BCUT2D eigenvalue weighted by atomic mass is 16.5. The monoisotopic (exact) mass is 212 g/mol. The van der Waals surface area contributed by atoms with E-state index in [0.29, 0.717) is 5.56 Å². The third-order valence-electron chi connectivity index (χ3n) is 1.29. The quantitative estimate of drug-likeness (QED) is 0.685. The average Bonchev–Trinajstić information content (AvgIpc) is 2.17. The van der Waals surface area contributed by atoms with E-state index in [-0.39, 0.29) is 5.75 Å². The molecule has 5 heteroatoms. The van der Waals surface area contributed by atoms with Crippen LogP contribution in [0.25, 0.3) is 0 Å². The summed E-state index contributed by atoms with van der Waals surface area (Å²) >= 11 is 0. The normalized spacial score (nSPS) is 8.40. The second kappa shape index (κ2) is 6.42. The van der Waals surface area contributed by atoms with E-state index in [2.05, 4.69) is 4.74 Å². The number of aromatic hydroxyl groups is 1. The molecule has 1 rings (SSSR count). The van der Waals surface area contributed by atoms with Gasteiger partial charge in [0.25, 0.3) is 5.97 Å². The van der Waals surface area contributed by atoms with Gasteiger partial charge in [-0.1, -0.05) is 0 Å². The summed E-state index contributed by atoms with van der Waals surface area (Å²) < 4.78 is 4.46. The van der Waals surface area contributed by atoms with Crippen molar-refractivity contribution in [1.29, 1.82) is 0 Å². The zero-order valence-electron chi connectivity index (χ0n) is 8.43. The Morgan fingerprint density at radius 2 is 1.60 bits per heavy atom. The Labute approximate surface area is 86.9 Å². The summed E-state index contributed by atoms with van der Waals surface area (Å²) in [7, 11) is 1.31. The highest BCUT2D eigenvalue weighted by Crippen LogP contribution is 2.09. The fraction of sp³-hybridized carbons (Fsp3) is 0.200. The van der Waals surface area contributed by atoms with E-state index in [1.54, 1.807) is 0 Å². The second-order valence-corrected chi connectivity index (χ2v) is 2.56. The number of phenols is 1. The number of hydrogen-bond donors (Lipinski definition) is 2. The number of esters is 1. The molecule has 0 atom stereocenters. The third kappa shape index (κ3) is 6.09. The van der Waals surface area contributed by atoms with Crippen LogP contribution in [-0.4, -0.2) is 29.3 Å². The molecule has 82 valence electrons. The molecule has 15 heavy (non-hydrogen) atoms. The van der Waals surface area contributed by atoms with Crippen LogP contribution in [0.2, 0.25) is 0 Å². The van der Waals surface area contributed by atoms with Crippen LogP contribution in [0.4, 0.5) is 0 Å². The van der Waals surface area contributed by atoms with Crippen molar-refractivity contribution in [2.24, 2.45) is 0 Å². The number of aliphatic carboxylic acids is 1. The van der Waals surface area contributed by atoms with E-state index in [1.807, 2.05) is 0 Å². The number of ether oxygens (including phenoxy) is 1. The summed E-state index contributed by atoms with van der Waals surface area (Å²) in [6.07, 6.45) is 0. The van der Waals surface area contributed by atoms with Gasteiger partial charge in [-0.3, -0.25) is 4.79 Å². The Hall–Kier alpha value is -2.04. The molecule has 5 nitrogen and oxygen atoms in total. The second-order valence-electron chi connectivity index (χ2n) is 2.56. The minimum atomic E-state index is -0.833. The molecule has 1 aromatic rings.